The summed E-state index contributed by atoms with van der Waals surface area (Å²) in [5.74, 6) is 2.06. The van der Waals surface area contributed by atoms with Crippen LogP contribution in [0.4, 0.5) is 0 Å². The van der Waals surface area contributed by atoms with Crippen molar-refractivity contribution in [2.45, 2.75) is 39.0 Å². The summed E-state index contributed by atoms with van der Waals surface area (Å²) in [5, 5.41) is 3.40. The number of nitrogens with zero attached hydrogens (tertiary/aromatic N) is 1. The Morgan fingerprint density at radius 3 is 3.13 bits per heavy atom. The van der Waals surface area contributed by atoms with Crippen LogP contribution in [0.1, 0.15) is 44.2 Å². The lowest BCUT2D eigenvalue weighted by atomic mass is 9.97. The van der Waals surface area contributed by atoms with Gasteiger partial charge in [-0.15, -0.1) is 0 Å². The van der Waals surface area contributed by atoms with Crippen LogP contribution in [-0.2, 0) is 6.42 Å². The lowest BCUT2D eigenvalue weighted by Gasteiger charge is -2.20. The van der Waals surface area contributed by atoms with Gasteiger partial charge in [0.1, 0.15) is 6.26 Å². The molecular formula is C12H20N2O. The third-order valence-corrected chi connectivity index (χ3v) is 2.87. The molecule has 84 valence electrons. The molecule has 0 amide bonds. The largest absolute Gasteiger partial charge is 0.449 e. The average Bonchev–Trinajstić information content (AvgIpc) is 2.67. The second-order valence-electron chi connectivity index (χ2n) is 4.81. The molecule has 0 spiro atoms. The van der Waals surface area contributed by atoms with Crippen LogP contribution in [0.15, 0.2) is 10.7 Å². The van der Waals surface area contributed by atoms with Gasteiger partial charge in [0.2, 0.25) is 0 Å². The molecule has 0 aliphatic carbocycles. The number of aromatic nitrogens is 1. The van der Waals surface area contributed by atoms with Crippen molar-refractivity contribution < 1.29 is 4.42 Å². The standard InChI is InChI=1S/C12H20N2O/c1-9(2)6-12-14-11(8-15-12)10-4-3-5-13-7-10/h8-10,13H,3-7H2,1-2H3. The summed E-state index contributed by atoms with van der Waals surface area (Å²) in [6.45, 7) is 6.57. The molecule has 1 saturated heterocycles. The van der Waals surface area contributed by atoms with Crippen molar-refractivity contribution in [2.75, 3.05) is 13.1 Å². The highest BCUT2D eigenvalue weighted by Gasteiger charge is 2.18. The Labute approximate surface area is 91.3 Å². The highest BCUT2D eigenvalue weighted by atomic mass is 16.3. The van der Waals surface area contributed by atoms with E-state index in [-0.39, 0.29) is 0 Å². The summed E-state index contributed by atoms with van der Waals surface area (Å²) in [6, 6.07) is 0. The van der Waals surface area contributed by atoms with Crippen LogP contribution < -0.4 is 5.32 Å². The van der Waals surface area contributed by atoms with Crippen molar-refractivity contribution in [3.63, 3.8) is 0 Å². The Kier molecular flexibility index (Phi) is 3.41. The van der Waals surface area contributed by atoms with Crippen LogP contribution in [0.5, 0.6) is 0 Å². The molecule has 0 radical (unpaired) electrons. The summed E-state index contributed by atoms with van der Waals surface area (Å²) in [7, 11) is 0. The van der Waals surface area contributed by atoms with E-state index >= 15 is 0 Å². The third kappa shape index (κ3) is 2.81. The molecule has 1 aliphatic heterocycles. The first-order valence-electron chi connectivity index (χ1n) is 5.90. The van der Waals surface area contributed by atoms with Gasteiger partial charge in [-0.3, -0.25) is 0 Å². The number of nitrogens with one attached hydrogen (secondary N) is 1. The monoisotopic (exact) mass is 208 g/mol. The second-order valence-corrected chi connectivity index (χ2v) is 4.81. The van der Waals surface area contributed by atoms with Crippen molar-refractivity contribution in [3.05, 3.63) is 17.8 Å². The molecule has 2 rings (SSSR count). The molecule has 0 bridgehead atoms. The maximum absolute atomic E-state index is 5.49. The topological polar surface area (TPSA) is 38.1 Å². The molecule has 1 aromatic heterocycles. The van der Waals surface area contributed by atoms with E-state index in [0.717, 1.165) is 31.1 Å². The fourth-order valence-electron chi connectivity index (χ4n) is 2.06. The van der Waals surface area contributed by atoms with Crippen LogP contribution >= 0.6 is 0 Å². The highest BCUT2D eigenvalue weighted by molar-refractivity contribution is 5.06. The Balaban J connectivity index is 1.99. The zero-order valence-electron chi connectivity index (χ0n) is 9.62. The molecule has 1 N–H and O–H groups in total. The zero-order chi connectivity index (χ0) is 10.7. The summed E-state index contributed by atoms with van der Waals surface area (Å²) < 4.78 is 5.49. The van der Waals surface area contributed by atoms with E-state index in [4.69, 9.17) is 4.42 Å². The molecule has 15 heavy (non-hydrogen) atoms. The molecular weight excluding hydrogens is 188 g/mol. The molecule has 1 atom stereocenters. The van der Waals surface area contributed by atoms with Gasteiger partial charge in [0.15, 0.2) is 5.89 Å². The minimum absolute atomic E-state index is 0.559. The molecule has 3 heteroatoms. The first-order valence-corrected chi connectivity index (χ1v) is 5.90. The molecule has 0 saturated carbocycles. The maximum atomic E-state index is 5.49. The van der Waals surface area contributed by atoms with E-state index in [2.05, 4.69) is 24.1 Å². The minimum Gasteiger partial charge on any atom is -0.449 e. The van der Waals surface area contributed by atoms with Crippen molar-refractivity contribution in [1.82, 2.24) is 10.3 Å². The second kappa shape index (κ2) is 4.79. The van der Waals surface area contributed by atoms with Crippen molar-refractivity contribution >= 4 is 0 Å². The molecule has 2 heterocycles. The van der Waals surface area contributed by atoms with Crippen LogP contribution in [0.2, 0.25) is 0 Å². The summed E-state index contributed by atoms with van der Waals surface area (Å²) in [5.41, 5.74) is 1.14. The Morgan fingerprint density at radius 1 is 1.60 bits per heavy atom. The SMILES string of the molecule is CC(C)Cc1nc(C2CCCNC2)co1. The lowest BCUT2D eigenvalue weighted by Crippen LogP contribution is -2.28. The fourth-order valence-corrected chi connectivity index (χ4v) is 2.06. The van der Waals surface area contributed by atoms with Gasteiger partial charge in [-0.2, -0.15) is 0 Å². The van der Waals surface area contributed by atoms with Gasteiger partial charge in [0, 0.05) is 18.9 Å². The van der Waals surface area contributed by atoms with Crippen LogP contribution in [0.3, 0.4) is 0 Å². The van der Waals surface area contributed by atoms with Gasteiger partial charge in [-0.25, -0.2) is 4.98 Å². The molecule has 1 unspecified atom stereocenters. The van der Waals surface area contributed by atoms with E-state index in [1.165, 1.54) is 12.8 Å². The Morgan fingerprint density at radius 2 is 2.47 bits per heavy atom. The van der Waals surface area contributed by atoms with E-state index in [9.17, 15) is 0 Å². The van der Waals surface area contributed by atoms with Crippen LogP contribution in [-0.4, -0.2) is 18.1 Å². The average molecular weight is 208 g/mol. The molecule has 1 aromatic rings. The van der Waals surface area contributed by atoms with Crippen molar-refractivity contribution in [2.24, 2.45) is 5.92 Å². The first-order chi connectivity index (χ1) is 7.25. The van der Waals surface area contributed by atoms with Gasteiger partial charge in [0.05, 0.1) is 5.69 Å². The third-order valence-electron chi connectivity index (χ3n) is 2.87. The zero-order valence-corrected chi connectivity index (χ0v) is 9.62. The van der Waals surface area contributed by atoms with Crippen LogP contribution in [0, 0.1) is 5.92 Å². The number of oxazole rings is 1. The lowest BCUT2D eigenvalue weighted by molar-refractivity contribution is 0.449. The molecule has 0 aromatic carbocycles. The van der Waals surface area contributed by atoms with Crippen molar-refractivity contribution in [1.29, 1.82) is 0 Å². The number of hydrogen-bond donors (Lipinski definition) is 1. The summed E-state index contributed by atoms with van der Waals surface area (Å²) >= 11 is 0. The van der Waals surface area contributed by atoms with Gasteiger partial charge in [0.25, 0.3) is 0 Å². The van der Waals surface area contributed by atoms with Crippen molar-refractivity contribution in [3.8, 4) is 0 Å². The van der Waals surface area contributed by atoms with Gasteiger partial charge < -0.3 is 9.73 Å². The predicted molar refractivity (Wildman–Crippen MR) is 59.9 cm³/mol. The summed E-state index contributed by atoms with van der Waals surface area (Å²) in [4.78, 5) is 4.57. The van der Waals surface area contributed by atoms with Crippen LogP contribution in [0.25, 0.3) is 0 Å². The van der Waals surface area contributed by atoms with E-state index in [1.807, 2.05) is 6.26 Å². The van der Waals surface area contributed by atoms with Gasteiger partial charge >= 0.3 is 0 Å². The number of hydrogen-bond acceptors (Lipinski definition) is 3. The van der Waals surface area contributed by atoms with E-state index < -0.39 is 0 Å². The van der Waals surface area contributed by atoms with E-state index in [1.54, 1.807) is 0 Å². The predicted octanol–water partition coefficient (Wildman–Crippen LogP) is 2.34. The molecule has 1 fully saturated rings. The van der Waals surface area contributed by atoms with Gasteiger partial charge in [-0.05, 0) is 25.3 Å². The fraction of sp³-hybridized carbons (Fsp3) is 0.750. The first kappa shape index (κ1) is 10.7. The quantitative estimate of drug-likeness (QED) is 0.828. The number of piperidine rings is 1. The smallest absolute Gasteiger partial charge is 0.194 e. The molecule has 1 aliphatic rings. The highest BCUT2D eigenvalue weighted by Crippen LogP contribution is 2.22. The Hall–Kier alpha value is -0.830. The Bertz CT molecular complexity index is 300. The number of rotatable bonds is 3. The van der Waals surface area contributed by atoms with Gasteiger partial charge in [-0.1, -0.05) is 13.8 Å². The molecule has 3 nitrogen and oxygen atoms in total. The minimum atomic E-state index is 0.559. The summed E-state index contributed by atoms with van der Waals surface area (Å²) in [6.07, 6.45) is 5.27. The van der Waals surface area contributed by atoms with E-state index in [0.29, 0.717) is 11.8 Å². The normalized spacial score (nSPS) is 22.2. The maximum Gasteiger partial charge on any atom is 0.194 e.